The molecule has 0 aromatic heterocycles. The van der Waals surface area contributed by atoms with E-state index in [0.717, 1.165) is 57.8 Å². The van der Waals surface area contributed by atoms with Crippen molar-refractivity contribution < 1.29 is 25.5 Å². The van der Waals surface area contributed by atoms with E-state index in [2.05, 4.69) is 62.3 Å². The summed E-state index contributed by atoms with van der Waals surface area (Å²) in [4.78, 5) is 0. The summed E-state index contributed by atoms with van der Waals surface area (Å²) in [6, 6.07) is 0. The first kappa shape index (κ1) is 99.5. The van der Waals surface area contributed by atoms with Crippen molar-refractivity contribution in [1.82, 2.24) is 0 Å². The van der Waals surface area contributed by atoms with Gasteiger partial charge in [-0.1, -0.05) is 467 Å². The third-order valence-electron chi connectivity index (χ3n) is 19.1. The van der Waals surface area contributed by atoms with E-state index in [0.29, 0.717) is 6.61 Å². The third kappa shape index (κ3) is 109. The zero-order valence-electron chi connectivity index (χ0n) is 65.2. The summed E-state index contributed by atoms with van der Waals surface area (Å²) in [7, 11) is 0. The van der Waals surface area contributed by atoms with Crippen LogP contribution in [0.3, 0.4) is 0 Å². The van der Waals surface area contributed by atoms with Crippen molar-refractivity contribution in [2.24, 2.45) is 0 Å². The van der Waals surface area contributed by atoms with E-state index >= 15 is 0 Å². The molecular formula is C86H182O5. The average Bonchev–Trinajstić information content (AvgIpc) is 3.55. The summed E-state index contributed by atoms with van der Waals surface area (Å²) in [6.45, 7) is 20.6. The number of hydrogen-bond acceptors (Lipinski definition) is 5. The second-order valence-electron chi connectivity index (χ2n) is 29.1. The third-order valence-corrected chi connectivity index (χ3v) is 19.1. The van der Waals surface area contributed by atoms with Crippen LogP contribution in [0.15, 0.2) is 0 Å². The zero-order valence-corrected chi connectivity index (χ0v) is 65.2. The Kier molecular flexibility index (Phi) is 108. The van der Waals surface area contributed by atoms with Crippen molar-refractivity contribution in [3.63, 3.8) is 0 Å². The first-order valence-corrected chi connectivity index (χ1v) is 43.0. The SMILES string of the molecule is CCCCCCCC(O)CCCCCC.CCCCCCCCCC(O)CCCCCCCC.CCCCCCCCCCCC(O)CCCCCCCCCC.CCCCCCCCCCCCCC(O)CCCCCCCCCCCC.CCCCCCO. The molecule has 5 heteroatoms. The van der Waals surface area contributed by atoms with Crippen LogP contribution in [0.2, 0.25) is 0 Å². The van der Waals surface area contributed by atoms with E-state index < -0.39 is 0 Å². The monoisotopic (exact) mass is 1300 g/mol. The highest BCUT2D eigenvalue weighted by atomic mass is 16.3. The fourth-order valence-electron chi connectivity index (χ4n) is 12.5. The highest BCUT2D eigenvalue weighted by molar-refractivity contribution is 4.62. The minimum atomic E-state index is -0.0300. The molecule has 0 amide bonds. The largest absolute Gasteiger partial charge is 0.396 e. The normalized spacial score (nSPS) is 12.5. The molecule has 91 heavy (non-hydrogen) atoms. The Balaban J connectivity index is -0.000000354. The lowest BCUT2D eigenvalue weighted by molar-refractivity contribution is 0.146. The summed E-state index contributed by atoms with van der Waals surface area (Å²) < 4.78 is 0. The van der Waals surface area contributed by atoms with E-state index in [-0.39, 0.29) is 24.4 Å². The maximum absolute atomic E-state index is 10.1. The summed E-state index contributed by atoms with van der Waals surface area (Å²) in [5, 5.41) is 48.0. The van der Waals surface area contributed by atoms with Crippen LogP contribution in [0.25, 0.3) is 0 Å². The van der Waals surface area contributed by atoms with Crippen molar-refractivity contribution in [2.75, 3.05) is 6.61 Å². The maximum Gasteiger partial charge on any atom is 0.0540 e. The second kappa shape index (κ2) is 98.5. The number of aliphatic hydroxyl groups excluding tert-OH is 5. The molecule has 0 aliphatic rings. The molecule has 0 aromatic rings. The van der Waals surface area contributed by atoms with Gasteiger partial charge in [0, 0.05) is 6.61 Å². The number of hydrogen-bond donors (Lipinski definition) is 5. The van der Waals surface area contributed by atoms with Gasteiger partial charge in [-0.2, -0.15) is 0 Å². The maximum atomic E-state index is 10.1. The van der Waals surface area contributed by atoms with Gasteiger partial charge >= 0.3 is 0 Å². The first-order valence-electron chi connectivity index (χ1n) is 43.0. The fraction of sp³-hybridized carbons (Fsp3) is 1.00. The lowest BCUT2D eigenvalue weighted by Gasteiger charge is -2.10. The van der Waals surface area contributed by atoms with E-state index in [1.165, 1.54) is 405 Å². The zero-order chi connectivity index (χ0) is 67.9. The Bertz CT molecular complexity index is 1110. The van der Waals surface area contributed by atoms with Gasteiger partial charge in [0.2, 0.25) is 0 Å². The van der Waals surface area contributed by atoms with Gasteiger partial charge in [-0.3, -0.25) is 0 Å². The van der Waals surface area contributed by atoms with Crippen LogP contribution in [-0.2, 0) is 0 Å². The van der Waals surface area contributed by atoms with Gasteiger partial charge in [0.25, 0.3) is 0 Å². The highest BCUT2D eigenvalue weighted by Crippen LogP contribution is 2.20. The molecule has 0 aliphatic heterocycles. The minimum absolute atomic E-state index is 0.0246. The van der Waals surface area contributed by atoms with Crippen LogP contribution in [0.1, 0.15) is 525 Å². The van der Waals surface area contributed by atoms with Crippen molar-refractivity contribution in [2.45, 2.75) is 549 Å². The smallest absolute Gasteiger partial charge is 0.0540 e. The molecule has 0 spiro atoms. The summed E-state index contributed by atoms with van der Waals surface area (Å²) >= 11 is 0. The van der Waals surface area contributed by atoms with Gasteiger partial charge in [-0.05, 0) is 57.8 Å². The molecule has 0 aliphatic carbocycles. The Morgan fingerprint density at radius 3 is 0.330 bits per heavy atom. The van der Waals surface area contributed by atoms with Gasteiger partial charge < -0.3 is 25.5 Å². The number of aliphatic hydroxyl groups is 5. The van der Waals surface area contributed by atoms with E-state index in [9.17, 15) is 20.4 Å². The van der Waals surface area contributed by atoms with Crippen molar-refractivity contribution in [1.29, 1.82) is 0 Å². The van der Waals surface area contributed by atoms with E-state index in [4.69, 9.17) is 5.11 Å². The van der Waals surface area contributed by atoms with Gasteiger partial charge in [0.15, 0.2) is 0 Å². The molecule has 4 atom stereocenters. The van der Waals surface area contributed by atoms with Crippen LogP contribution in [0.5, 0.6) is 0 Å². The minimum Gasteiger partial charge on any atom is -0.396 e. The number of unbranched alkanes of at least 4 members (excludes halogenated alkanes) is 55. The molecule has 0 saturated carbocycles. The Morgan fingerprint density at radius 2 is 0.220 bits per heavy atom. The molecule has 0 heterocycles. The quantitative estimate of drug-likeness (QED) is 0.0391. The summed E-state index contributed by atoms with van der Waals surface area (Å²) in [5.41, 5.74) is 0. The Morgan fingerprint density at radius 1 is 0.132 bits per heavy atom. The summed E-state index contributed by atoms with van der Waals surface area (Å²) in [6.07, 6.45) is 94.2. The molecule has 0 rings (SSSR count). The second-order valence-corrected chi connectivity index (χ2v) is 29.1. The molecule has 556 valence electrons. The standard InChI is InChI=1S/C26H54O.C22H46O.C18H38O.C14H30O.C6H14O/c1-3-5-7-9-11-13-15-17-19-21-23-25-26(27)24-22-20-18-16-14-12-10-8-6-4-2;1-3-5-7-9-11-13-15-17-19-21-22(23)20-18-16-14-12-10-8-6-4-2;1-3-5-7-9-11-13-15-17-18(19)16-14-12-10-8-6-4-2;1-3-5-7-9-11-13-14(15)12-10-8-6-4-2;1-2-3-4-5-6-7/h26-27H,3-25H2,1-2H3;22-23H,3-21H2,1-2H3;18-19H,3-17H2,1-2H3;14-15H,3-13H2,1-2H3;7H,2-6H2,1H3. The average molecular weight is 1300 g/mol. The molecular weight excluding hydrogens is 1110 g/mol. The van der Waals surface area contributed by atoms with Crippen molar-refractivity contribution in [3.05, 3.63) is 0 Å². The van der Waals surface area contributed by atoms with Crippen molar-refractivity contribution in [3.8, 4) is 0 Å². The van der Waals surface area contributed by atoms with Crippen LogP contribution in [-0.4, -0.2) is 56.6 Å². The Labute approximate surface area is 578 Å². The molecule has 5 nitrogen and oxygen atoms in total. The lowest BCUT2D eigenvalue weighted by atomic mass is 10.0. The van der Waals surface area contributed by atoms with Crippen molar-refractivity contribution >= 4 is 0 Å². The van der Waals surface area contributed by atoms with Gasteiger partial charge in [-0.15, -0.1) is 0 Å². The van der Waals surface area contributed by atoms with Gasteiger partial charge in [0.05, 0.1) is 24.4 Å². The highest BCUT2D eigenvalue weighted by Gasteiger charge is 2.08. The van der Waals surface area contributed by atoms with Gasteiger partial charge in [0.1, 0.15) is 0 Å². The molecule has 0 bridgehead atoms. The molecule has 0 fully saturated rings. The van der Waals surface area contributed by atoms with E-state index in [1.54, 1.807) is 0 Å². The Hall–Kier alpha value is -0.200. The van der Waals surface area contributed by atoms with Crippen LogP contribution >= 0.6 is 0 Å². The van der Waals surface area contributed by atoms with Crippen LogP contribution < -0.4 is 0 Å². The molecule has 0 saturated heterocycles. The van der Waals surface area contributed by atoms with Crippen LogP contribution in [0.4, 0.5) is 0 Å². The molecule has 0 aromatic carbocycles. The first-order chi connectivity index (χ1) is 44.6. The molecule has 0 radical (unpaired) electrons. The number of rotatable bonds is 72. The van der Waals surface area contributed by atoms with E-state index in [1.807, 2.05) is 0 Å². The molecule has 4 unspecified atom stereocenters. The summed E-state index contributed by atoms with van der Waals surface area (Å²) in [5.74, 6) is 0. The topological polar surface area (TPSA) is 101 Å². The lowest BCUT2D eigenvalue weighted by Crippen LogP contribution is -2.05. The van der Waals surface area contributed by atoms with Gasteiger partial charge in [-0.25, -0.2) is 0 Å². The van der Waals surface area contributed by atoms with Crippen LogP contribution in [0, 0.1) is 0 Å². The predicted octanol–water partition coefficient (Wildman–Crippen LogP) is 29.6. The fourth-order valence-corrected chi connectivity index (χ4v) is 12.5. The molecule has 5 N–H and O–H groups in total. The predicted molar refractivity (Wildman–Crippen MR) is 415 cm³/mol.